The topological polar surface area (TPSA) is 46.5 Å². The Morgan fingerprint density at radius 3 is 2.85 bits per heavy atom. The van der Waals surface area contributed by atoms with Crippen molar-refractivity contribution in [3.63, 3.8) is 0 Å². The Bertz CT molecular complexity index is 231. The Labute approximate surface area is 82.0 Å². The monoisotopic (exact) mass is 202 g/mol. The maximum absolute atomic E-state index is 10.8. The van der Waals surface area contributed by atoms with Crippen molar-refractivity contribution in [2.75, 3.05) is 0 Å². The van der Waals surface area contributed by atoms with Crippen LogP contribution in [0.15, 0.2) is 36.3 Å². The van der Waals surface area contributed by atoms with Crippen molar-refractivity contribution in [2.24, 2.45) is 0 Å². The molecule has 0 aliphatic rings. The zero-order valence-corrected chi connectivity index (χ0v) is 7.83. The van der Waals surface area contributed by atoms with Crippen LogP contribution in [0.5, 0.6) is 0 Å². The van der Waals surface area contributed by atoms with Crippen LogP contribution >= 0.6 is 11.6 Å². The number of aliphatic hydroxyl groups is 1. The van der Waals surface area contributed by atoms with Crippen molar-refractivity contribution in [1.82, 2.24) is 0 Å². The largest absolute Gasteiger partial charge is 0.512 e. The van der Waals surface area contributed by atoms with E-state index < -0.39 is 5.97 Å². The van der Waals surface area contributed by atoms with Gasteiger partial charge in [-0.3, -0.25) is 4.79 Å². The highest BCUT2D eigenvalue weighted by Crippen LogP contribution is 2.01. The number of esters is 1. The van der Waals surface area contributed by atoms with Crippen molar-refractivity contribution in [3.05, 3.63) is 36.3 Å². The van der Waals surface area contributed by atoms with Gasteiger partial charge in [0.2, 0.25) is 0 Å². The number of hydrogen-bond donors (Lipinski definition) is 1. The summed E-state index contributed by atoms with van der Waals surface area (Å²) in [5.41, 5.74) is 0. The zero-order chi connectivity index (χ0) is 10.1. The summed E-state index contributed by atoms with van der Waals surface area (Å²) >= 11 is 5.44. The van der Waals surface area contributed by atoms with E-state index in [4.69, 9.17) is 16.7 Å². The number of rotatable bonds is 5. The van der Waals surface area contributed by atoms with Gasteiger partial charge in [0.1, 0.15) is 12.5 Å². The van der Waals surface area contributed by atoms with Crippen molar-refractivity contribution in [3.8, 4) is 0 Å². The third-order valence-corrected chi connectivity index (χ3v) is 1.20. The molecule has 0 amide bonds. The standard InChI is InChI=1S/C9H11ClO3/c1-8(10)4-2-3-5-9(12)13-7-6-11/h2,4,6-7,11H,1,3,5H2. The summed E-state index contributed by atoms with van der Waals surface area (Å²) in [6, 6.07) is 0. The molecule has 0 atom stereocenters. The van der Waals surface area contributed by atoms with E-state index in [0.29, 0.717) is 17.7 Å². The van der Waals surface area contributed by atoms with Crippen molar-refractivity contribution < 1.29 is 14.6 Å². The van der Waals surface area contributed by atoms with Gasteiger partial charge in [0.05, 0.1) is 0 Å². The lowest BCUT2D eigenvalue weighted by Crippen LogP contribution is -1.97. The normalized spacial score (nSPS) is 10.8. The van der Waals surface area contributed by atoms with E-state index >= 15 is 0 Å². The fourth-order valence-electron chi connectivity index (χ4n) is 0.578. The number of hydrogen-bond acceptors (Lipinski definition) is 3. The number of carbonyl (C=O) groups excluding carboxylic acids is 1. The first-order valence-corrected chi connectivity index (χ1v) is 4.04. The molecule has 72 valence electrons. The molecule has 0 unspecified atom stereocenters. The van der Waals surface area contributed by atoms with E-state index in [1.165, 1.54) is 0 Å². The van der Waals surface area contributed by atoms with Crippen molar-refractivity contribution in [1.29, 1.82) is 0 Å². The molecule has 3 nitrogen and oxygen atoms in total. The summed E-state index contributed by atoms with van der Waals surface area (Å²) in [4.78, 5) is 10.8. The second-order valence-electron chi connectivity index (χ2n) is 2.16. The second kappa shape index (κ2) is 7.43. The molecule has 0 heterocycles. The highest BCUT2D eigenvalue weighted by molar-refractivity contribution is 6.30. The van der Waals surface area contributed by atoms with E-state index in [9.17, 15) is 4.79 Å². The van der Waals surface area contributed by atoms with Crippen LogP contribution in [-0.4, -0.2) is 11.1 Å². The highest BCUT2D eigenvalue weighted by Gasteiger charge is 1.97. The van der Waals surface area contributed by atoms with Gasteiger partial charge in [-0.05, 0) is 12.5 Å². The fraction of sp³-hybridized carbons (Fsp3) is 0.222. The maximum atomic E-state index is 10.8. The average molecular weight is 203 g/mol. The number of aliphatic hydroxyl groups excluding tert-OH is 1. The average Bonchev–Trinajstić information content (AvgIpc) is 2.08. The van der Waals surface area contributed by atoms with Gasteiger partial charge in [0, 0.05) is 11.5 Å². The number of carbonyl (C=O) groups is 1. The molecule has 4 heteroatoms. The van der Waals surface area contributed by atoms with Crippen molar-refractivity contribution in [2.45, 2.75) is 12.8 Å². The van der Waals surface area contributed by atoms with Crippen LogP contribution in [0.2, 0.25) is 0 Å². The van der Waals surface area contributed by atoms with Gasteiger partial charge in [-0.25, -0.2) is 0 Å². The van der Waals surface area contributed by atoms with E-state index in [1.807, 2.05) is 0 Å². The third kappa shape index (κ3) is 8.69. The zero-order valence-electron chi connectivity index (χ0n) is 7.07. The van der Waals surface area contributed by atoms with Crippen LogP contribution < -0.4 is 0 Å². The lowest BCUT2D eigenvalue weighted by atomic mass is 10.3. The third-order valence-electron chi connectivity index (χ3n) is 1.07. The molecular formula is C9H11ClO3. The van der Waals surface area contributed by atoms with E-state index in [0.717, 1.165) is 6.26 Å². The van der Waals surface area contributed by atoms with Crippen LogP contribution in [0.3, 0.4) is 0 Å². The fourth-order valence-corrected chi connectivity index (χ4v) is 0.667. The molecule has 0 radical (unpaired) electrons. The molecular weight excluding hydrogens is 192 g/mol. The quantitative estimate of drug-likeness (QED) is 0.424. The summed E-state index contributed by atoms with van der Waals surface area (Å²) in [5, 5.41) is 8.58. The number of ether oxygens (including phenoxy) is 1. The van der Waals surface area contributed by atoms with Crippen LogP contribution in [0.1, 0.15) is 12.8 Å². The summed E-state index contributed by atoms with van der Waals surface area (Å²) in [5.74, 6) is -0.407. The summed E-state index contributed by atoms with van der Waals surface area (Å²) in [6.07, 6.45) is 5.69. The summed E-state index contributed by atoms with van der Waals surface area (Å²) in [6.45, 7) is 3.44. The van der Waals surface area contributed by atoms with E-state index in [-0.39, 0.29) is 6.42 Å². The Hall–Kier alpha value is -1.22. The van der Waals surface area contributed by atoms with Gasteiger partial charge in [0.25, 0.3) is 0 Å². The van der Waals surface area contributed by atoms with Gasteiger partial charge in [-0.15, -0.1) is 0 Å². The van der Waals surface area contributed by atoms with Crippen LogP contribution in [0.4, 0.5) is 0 Å². The lowest BCUT2D eigenvalue weighted by Gasteiger charge is -1.94. The molecule has 0 rings (SSSR count). The molecule has 0 bridgehead atoms. The van der Waals surface area contributed by atoms with Crippen LogP contribution in [0, 0.1) is 0 Å². The minimum Gasteiger partial charge on any atom is -0.512 e. The molecule has 0 aliphatic heterocycles. The van der Waals surface area contributed by atoms with Gasteiger partial charge in [-0.2, -0.15) is 0 Å². The molecule has 0 saturated carbocycles. The molecule has 1 N–H and O–H groups in total. The van der Waals surface area contributed by atoms with Gasteiger partial charge in [-0.1, -0.05) is 24.3 Å². The minimum atomic E-state index is -0.407. The first-order chi connectivity index (χ1) is 6.16. The maximum Gasteiger partial charge on any atom is 0.311 e. The SMILES string of the molecule is C=C(Cl)C=CCCC(=O)OC=CO. The lowest BCUT2D eigenvalue weighted by molar-refractivity contribution is -0.138. The second-order valence-corrected chi connectivity index (χ2v) is 2.65. The highest BCUT2D eigenvalue weighted by atomic mass is 35.5. The Morgan fingerprint density at radius 2 is 2.31 bits per heavy atom. The Balaban J connectivity index is 3.53. The first kappa shape index (κ1) is 11.8. The molecule has 0 fully saturated rings. The van der Waals surface area contributed by atoms with E-state index in [1.54, 1.807) is 12.2 Å². The number of halogens is 1. The van der Waals surface area contributed by atoms with Crippen molar-refractivity contribution >= 4 is 17.6 Å². The molecule has 0 aromatic rings. The van der Waals surface area contributed by atoms with Crippen LogP contribution in [-0.2, 0) is 9.53 Å². The predicted octanol–water partition coefficient (Wildman–Crippen LogP) is 2.65. The molecule has 0 aliphatic carbocycles. The minimum absolute atomic E-state index is 0.241. The predicted molar refractivity (Wildman–Crippen MR) is 51.2 cm³/mol. The molecule has 0 aromatic carbocycles. The summed E-state index contributed by atoms with van der Waals surface area (Å²) < 4.78 is 4.44. The van der Waals surface area contributed by atoms with Crippen LogP contribution in [0.25, 0.3) is 0 Å². The van der Waals surface area contributed by atoms with Gasteiger partial charge < -0.3 is 9.84 Å². The Morgan fingerprint density at radius 1 is 1.62 bits per heavy atom. The Kier molecular flexibility index (Phi) is 6.73. The molecule has 13 heavy (non-hydrogen) atoms. The number of allylic oxidation sites excluding steroid dienone is 3. The molecule has 0 spiro atoms. The van der Waals surface area contributed by atoms with E-state index in [2.05, 4.69) is 11.3 Å². The molecule has 0 aromatic heterocycles. The smallest absolute Gasteiger partial charge is 0.311 e. The first-order valence-electron chi connectivity index (χ1n) is 3.66. The molecule has 0 saturated heterocycles. The summed E-state index contributed by atoms with van der Waals surface area (Å²) in [7, 11) is 0. The van der Waals surface area contributed by atoms with Gasteiger partial charge in [0.15, 0.2) is 0 Å². The van der Waals surface area contributed by atoms with Gasteiger partial charge >= 0.3 is 5.97 Å².